The van der Waals surface area contributed by atoms with E-state index >= 15 is 0 Å². The van der Waals surface area contributed by atoms with E-state index in [-0.39, 0.29) is 23.4 Å². The summed E-state index contributed by atoms with van der Waals surface area (Å²) < 4.78 is 34.2. The average molecular weight is 438 g/mol. The number of ether oxygens (including phenoxy) is 1. The number of urea groups is 1. The van der Waals surface area contributed by atoms with Crippen molar-refractivity contribution in [1.29, 1.82) is 0 Å². The predicted octanol–water partition coefficient (Wildman–Crippen LogP) is 2.64. The van der Waals surface area contributed by atoms with Crippen LogP contribution in [0.2, 0.25) is 0 Å². The van der Waals surface area contributed by atoms with Crippen molar-refractivity contribution in [1.82, 2.24) is 14.9 Å². The Balaban J connectivity index is 1.44. The fourth-order valence-electron chi connectivity index (χ4n) is 3.41. The first-order valence-electron chi connectivity index (χ1n) is 10.5. The lowest BCUT2D eigenvalue weighted by Gasteiger charge is -2.26. The molecule has 1 heterocycles. The standard InChI is InChI=1S/C21H31N3O5S/c1-21(2,11-4-3-5-12-24-14-19(25)22-20(24)26)23-30(27,28)18-8-6-7-17(13-18)29-15-16-9-10-16/h6-8,13,16,23H,3-5,9-12,14-15H2,1-2H3,(H,22,25,26). The van der Waals surface area contributed by atoms with Crippen LogP contribution in [-0.2, 0) is 14.8 Å². The number of nitrogens with one attached hydrogen (secondary N) is 2. The lowest BCUT2D eigenvalue weighted by molar-refractivity contribution is -0.118. The molecule has 1 aliphatic carbocycles. The van der Waals surface area contributed by atoms with Gasteiger partial charge in [0.1, 0.15) is 12.3 Å². The molecule has 0 atom stereocenters. The van der Waals surface area contributed by atoms with Crippen LogP contribution in [0.15, 0.2) is 29.2 Å². The second kappa shape index (κ2) is 9.34. The van der Waals surface area contributed by atoms with E-state index in [0.717, 1.165) is 19.3 Å². The lowest BCUT2D eigenvalue weighted by Crippen LogP contribution is -2.43. The van der Waals surface area contributed by atoms with Gasteiger partial charge >= 0.3 is 6.03 Å². The zero-order valence-corrected chi connectivity index (χ0v) is 18.5. The maximum Gasteiger partial charge on any atom is 0.324 e. The first-order valence-corrected chi connectivity index (χ1v) is 12.0. The number of imide groups is 1. The van der Waals surface area contributed by atoms with Gasteiger partial charge in [-0.15, -0.1) is 0 Å². The van der Waals surface area contributed by atoms with E-state index in [4.69, 9.17) is 4.74 Å². The SMILES string of the molecule is CC(C)(CCCCCN1CC(=O)NC1=O)NS(=O)(=O)c1cccc(OCC2CC2)c1. The summed E-state index contributed by atoms with van der Waals surface area (Å²) in [5.74, 6) is 0.909. The molecule has 0 bridgehead atoms. The summed E-state index contributed by atoms with van der Waals surface area (Å²) >= 11 is 0. The van der Waals surface area contributed by atoms with E-state index in [1.54, 1.807) is 24.3 Å². The quantitative estimate of drug-likeness (QED) is 0.386. The van der Waals surface area contributed by atoms with Gasteiger partial charge in [-0.05, 0) is 57.6 Å². The van der Waals surface area contributed by atoms with Gasteiger partial charge in [0.05, 0.1) is 11.5 Å². The fourth-order valence-corrected chi connectivity index (χ4v) is 4.89. The molecular formula is C21H31N3O5S. The molecule has 3 amide bonds. The molecule has 2 N–H and O–H groups in total. The number of benzene rings is 1. The normalized spacial score (nSPS) is 17.3. The molecule has 1 aromatic rings. The first kappa shape index (κ1) is 22.6. The third-order valence-electron chi connectivity index (χ3n) is 5.31. The molecule has 1 saturated heterocycles. The third kappa shape index (κ3) is 6.70. The van der Waals surface area contributed by atoms with Crippen LogP contribution in [0.5, 0.6) is 5.75 Å². The highest BCUT2D eigenvalue weighted by atomic mass is 32.2. The van der Waals surface area contributed by atoms with Gasteiger partial charge in [-0.3, -0.25) is 10.1 Å². The Labute approximate surface area is 178 Å². The molecular weight excluding hydrogens is 406 g/mol. The highest BCUT2D eigenvalue weighted by molar-refractivity contribution is 7.89. The predicted molar refractivity (Wildman–Crippen MR) is 113 cm³/mol. The van der Waals surface area contributed by atoms with E-state index in [0.29, 0.717) is 31.2 Å². The second-order valence-electron chi connectivity index (χ2n) is 8.80. The molecule has 9 heteroatoms. The molecule has 2 aliphatic rings. The maximum atomic E-state index is 12.8. The highest BCUT2D eigenvalue weighted by Gasteiger charge is 2.28. The number of nitrogens with zero attached hydrogens (tertiary/aromatic N) is 1. The zero-order valence-electron chi connectivity index (χ0n) is 17.6. The van der Waals surface area contributed by atoms with Crippen LogP contribution in [0.3, 0.4) is 0 Å². The summed E-state index contributed by atoms with van der Waals surface area (Å²) in [5.41, 5.74) is -0.606. The van der Waals surface area contributed by atoms with Gasteiger partial charge in [0, 0.05) is 18.2 Å². The molecule has 2 fully saturated rings. The Morgan fingerprint density at radius 1 is 1.20 bits per heavy atom. The summed E-state index contributed by atoms with van der Waals surface area (Å²) in [6.45, 7) is 5.01. The Morgan fingerprint density at radius 3 is 2.63 bits per heavy atom. The van der Waals surface area contributed by atoms with Crippen LogP contribution < -0.4 is 14.8 Å². The number of unbranched alkanes of at least 4 members (excludes halogenated alkanes) is 2. The second-order valence-corrected chi connectivity index (χ2v) is 10.5. The summed E-state index contributed by atoms with van der Waals surface area (Å²) in [6.07, 6.45) is 5.43. The fraction of sp³-hybridized carbons (Fsp3) is 0.619. The van der Waals surface area contributed by atoms with Crippen molar-refractivity contribution in [2.75, 3.05) is 19.7 Å². The van der Waals surface area contributed by atoms with Gasteiger partial charge in [-0.1, -0.05) is 18.9 Å². The molecule has 0 aromatic heterocycles. The average Bonchev–Trinajstić information content (AvgIpc) is 3.43. The van der Waals surface area contributed by atoms with Crippen molar-refractivity contribution in [3.05, 3.63) is 24.3 Å². The van der Waals surface area contributed by atoms with E-state index in [1.165, 1.54) is 17.7 Å². The van der Waals surface area contributed by atoms with E-state index in [1.807, 2.05) is 13.8 Å². The number of hydrogen-bond donors (Lipinski definition) is 2. The summed E-state index contributed by atoms with van der Waals surface area (Å²) in [7, 11) is -3.66. The smallest absolute Gasteiger partial charge is 0.324 e. The number of rotatable bonds is 12. The van der Waals surface area contributed by atoms with Crippen molar-refractivity contribution in [3.8, 4) is 5.75 Å². The molecule has 1 aromatic carbocycles. The number of carbonyl (C=O) groups excluding carboxylic acids is 2. The number of carbonyl (C=O) groups is 2. The van der Waals surface area contributed by atoms with Gasteiger partial charge in [-0.25, -0.2) is 17.9 Å². The zero-order chi connectivity index (χ0) is 21.8. The molecule has 0 unspecified atom stereocenters. The van der Waals surface area contributed by atoms with E-state index in [2.05, 4.69) is 10.0 Å². The summed E-state index contributed by atoms with van der Waals surface area (Å²) in [6, 6.07) is 6.29. The molecule has 0 spiro atoms. The van der Waals surface area contributed by atoms with Crippen molar-refractivity contribution >= 4 is 22.0 Å². The van der Waals surface area contributed by atoms with Gasteiger partial charge in [0.15, 0.2) is 0 Å². The van der Waals surface area contributed by atoms with Crippen molar-refractivity contribution < 1.29 is 22.7 Å². The number of hydrogen-bond acceptors (Lipinski definition) is 5. The molecule has 166 valence electrons. The van der Waals surface area contributed by atoms with Crippen molar-refractivity contribution in [3.63, 3.8) is 0 Å². The van der Waals surface area contributed by atoms with Crippen LogP contribution >= 0.6 is 0 Å². The minimum atomic E-state index is -3.66. The van der Waals surface area contributed by atoms with Gasteiger partial charge in [0.2, 0.25) is 15.9 Å². The lowest BCUT2D eigenvalue weighted by atomic mass is 9.98. The monoisotopic (exact) mass is 437 g/mol. The van der Waals surface area contributed by atoms with Crippen LogP contribution in [-0.4, -0.2) is 50.5 Å². The van der Waals surface area contributed by atoms with Gasteiger partial charge < -0.3 is 9.64 Å². The largest absolute Gasteiger partial charge is 0.493 e. The van der Waals surface area contributed by atoms with Gasteiger partial charge in [-0.2, -0.15) is 0 Å². The molecule has 30 heavy (non-hydrogen) atoms. The van der Waals surface area contributed by atoms with Gasteiger partial charge in [0.25, 0.3) is 0 Å². The Bertz CT molecular complexity index is 880. The van der Waals surface area contributed by atoms with Crippen LogP contribution in [0, 0.1) is 5.92 Å². The highest BCUT2D eigenvalue weighted by Crippen LogP contribution is 2.30. The number of amides is 3. The van der Waals surface area contributed by atoms with E-state index < -0.39 is 15.6 Å². The Morgan fingerprint density at radius 2 is 1.97 bits per heavy atom. The van der Waals surface area contributed by atoms with Crippen LogP contribution in [0.1, 0.15) is 52.4 Å². The van der Waals surface area contributed by atoms with Crippen molar-refractivity contribution in [2.24, 2.45) is 5.92 Å². The first-order chi connectivity index (χ1) is 14.1. The molecule has 3 rings (SSSR count). The molecule has 1 saturated carbocycles. The molecule has 0 radical (unpaired) electrons. The Kier molecular flexibility index (Phi) is 7.02. The topological polar surface area (TPSA) is 105 Å². The minimum Gasteiger partial charge on any atom is -0.493 e. The minimum absolute atomic E-state index is 0.119. The maximum absolute atomic E-state index is 12.8. The van der Waals surface area contributed by atoms with Crippen LogP contribution in [0.25, 0.3) is 0 Å². The van der Waals surface area contributed by atoms with Crippen molar-refractivity contribution in [2.45, 2.75) is 62.8 Å². The third-order valence-corrected chi connectivity index (χ3v) is 7.00. The van der Waals surface area contributed by atoms with E-state index in [9.17, 15) is 18.0 Å². The Hall–Kier alpha value is -2.13. The van der Waals surface area contributed by atoms with Crippen LogP contribution in [0.4, 0.5) is 4.79 Å². The number of sulfonamides is 1. The molecule has 8 nitrogen and oxygen atoms in total. The molecule has 1 aliphatic heterocycles. The summed E-state index contributed by atoms with van der Waals surface area (Å²) in [4.78, 5) is 24.4. The summed E-state index contributed by atoms with van der Waals surface area (Å²) in [5, 5.41) is 2.26.